The van der Waals surface area contributed by atoms with Crippen LogP contribution < -0.4 is 0 Å². The number of hydrogen-bond donors (Lipinski definition) is 0. The molecule has 0 aromatic heterocycles. The van der Waals surface area contributed by atoms with Crippen LogP contribution >= 0.6 is 23.5 Å². The van der Waals surface area contributed by atoms with Gasteiger partial charge in [0.25, 0.3) is 0 Å². The summed E-state index contributed by atoms with van der Waals surface area (Å²) in [6.45, 7) is 2.42. The van der Waals surface area contributed by atoms with Crippen molar-refractivity contribution in [3.8, 4) is 0 Å². The van der Waals surface area contributed by atoms with E-state index in [-0.39, 0.29) is 0 Å². The highest BCUT2D eigenvalue weighted by molar-refractivity contribution is 8.17. The molecule has 0 unspecified atom stereocenters. The van der Waals surface area contributed by atoms with Crippen molar-refractivity contribution in [2.45, 2.75) is 43.1 Å². The second kappa shape index (κ2) is 4.80. The maximum Gasteiger partial charge on any atom is 0.0605 e. The summed E-state index contributed by atoms with van der Waals surface area (Å²) in [4.78, 5) is 0. The predicted molar refractivity (Wildman–Crippen MR) is 62.0 cm³/mol. The van der Waals surface area contributed by atoms with Gasteiger partial charge >= 0.3 is 0 Å². The molecular weight excluding hydrogens is 184 g/mol. The number of hydrogen-bond acceptors (Lipinski definition) is 2. The van der Waals surface area contributed by atoms with Crippen LogP contribution in [0.2, 0.25) is 0 Å². The van der Waals surface area contributed by atoms with Crippen LogP contribution in [0.5, 0.6) is 0 Å². The zero-order chi connectivity index (χ0) is 9.03. The molecule has 1 rings (SSSR count). The summed E-state index contributed by atoms with van der Waals surface area (Å²) in [7, 11) is 0. The van der Waals surface area contributed by atoms with Crippen LogP contribution in [0.4, 0.5) is 0 Å². The normalized spacial score (nSPS) is 21.2. The van der Waals surface area contributed by atoms with Gasteiger partial charge in [0.15, 0.2) is 0 Å². The van der Waals surface area contributed by atoms with Gasteiger partial charge in [-0.25, -0.2) is 0 Å². The Morgan fingerprint density at radius 2 is 1.50 bits per heavy atom. The van der Waals surface area contributed by atoms with Gasteiger partial charge in [0.1, 0.15) is 0 Å². The Morgan fingerprint density at radius 3 is 1.92 bits per heavy atom. The molecule has 1 saturated carbocycles. The van der Waals surface area contributed by atoms with E-state index < -0.39 is 0 Å². The summed E-state index contributed by atoms with van der Waals surface area (Å²) < 4.78 is 0.487. The van der Waals surface area contributed by atoms with E-state index in [9.17, 15) is 0 Å². The molecule has 0 spiro atoms. The third-order valence-corrected chi connectivity index (χ3v) is 6.45. The van der Waals surface area contributed by atoms with Crippen LogP contribution in [0, 0.1) is 5.92 Å². The lowest BCUT2D eigenvalue weighted by atomic mass is 9.87. The van der Waals surface area contributed by atoms with Gasteiger partial charge in [-0.15, -0.1) is 23.5 Å². The molecule has 1 aliphatic carbocycles. The zero-order valence-corrected chi connectivity index (χ0v) is 10.1. The van der Waals surface area contributed by atoms with Crippen LogP contribution in [0.15, 0.2) is 0 Å². The van der Waals surface area contributed by atoms with E-state index in [1.807, 2.05) is 23.5 Å². The highest BCUT2D eigenvalue weighted by Gasteiger charge is 2.33. The summed E-state index contributed by atoms with van der Waals surface area (Å²) in [6, 6.07) is 0. The molecule has 0 N–H and O–H groups in total. The third kappa shape index (κ3) is 2.35. The quantitative estimate of drug-likeness (QED) is 0.637. The van der Waals surface area contributed by atoms with Gasteiger partial charge in [-0.2, -0.15) is 0 Å². The summed E-state index contributed by atoms with van der Waals surface area (Å²) in [5.41, 5.74) is 0. The second-order valence-electron chi connectivity index (χ2n) is 3.76. The zero-order valence-electron chi connectivity index (χ0n) is 8.43. The van der Waals surface area contributed by atoms with Crippen molar-refractivity contribution in [3.05, 3.63) is 0 Å². The largest absolute Gasteiger partial charge is 0.148 e. The molecule has 0 heterocycles. The summed E-state index contributed by atoms with van der Waals surface area (Å²) in [6.07, 6.45) is 11.8. The Labute approximate surface area is 85.3 Å². The van der Waals surface area contributed by atoms with Crippen molar-refractivity contribution in [1.29, 1.82) is 0 Å². The van der Waals surface area contributed by atoms with Gasteiger partial charge in [0.2, 0.25) is 0 Å². The molecule has 0 nitrogen and oxygen atoms in total. The lowest BCUT2D eigenvalue weighted by Gasteiger charge is -2.37. The van der Waals surface area contributed by atoms with Crippen molar-refractivity contribution in [1.82, 2.24) is 0 Å². The molecular formula is C10H20S2. The Balaban J connectivity index is 2.51. The van der Waals surface area contributed by atoms with E-state index in [4.69, 9.17) is 0 Å². The second-order valence-corrected chi connectivity index (χ2v) is 6.53. The molecule has 12 heavy (non-hydrogen) atoms. The maximum atomic E-state index is 2.42. The molecule has 0 aromatic rings. The molecule has 1 aliphatic rings. The highest BCUT2D eigenvalue weighted by atomic mass is 32.2. The van der Waals surface area contributed by atoms with Gasteiger partial charge < -0.3 is 0 Å². The minimum atomic E-state index is 0.487. The average molecular weight is 204 g/mol. The van der Waals surface area contributed by atoms with Crippen molar-refractivity contribution in [3.63, 3.8) is 0 Å². The summed E-state index contributed by atoms with van der Waals surface area (Å²) in [5, 5.41) is 0. The van der Waals surface area contributed by atoms with Crippen molar-refractivity contribution < 1.29 is 0 Å². The van der Waals surface area contributed by atoms with E-state index in [2.05, 4.69) is 19.4 Å². The van der Waals surface area contributed by atoms with Gasteiger partial charge in [0, 0.05) is 0 Å². The maximum absolute atomic E-state index is 2.42. The first-order valence-corrected chi connectivity index (χ1v) is 7.28. The first kappa shape index (κ1) is 10.8. The minimum absolute atomic E-state index is 0.487. The molecule has 0 radical (unpaired) electrons. The van der Waals surface area contributed by atoms with Gasteiger partial charge in [-0.1, -0.05) is 19.3 Å². The third-order valence-electron chi connectivity index (χ3n) is 3.16. The molecule has 0 bridgehead atoms. The van der Waals surface area contributed by atoms with Crippen LogP contribution in [-0.2, 0) is 0 Å². The van der Waals surface area contributed by atoms with E-state index in [0.717, 1.165) is 5.92 Å². The van der Waals surface area contributed by atoms with Gasteiger partial charge in [-0.05, 0) is 38.2 Å². The average Bonchev–Trinajstić information content (AvgIpc) is 2.18. The minimum Gasteiger partial charge on any atom is -0.148 e. The summed E-state index contributed by atoms with van der Waals surface area (Å²) >= 11 is 4.08. The molecule has 0 saturated heterocycles. The lowest BCUT2D eigenvalue weighted by molar-refractivity contribution is 0.343. The van der Waals surface area contributed by atoms with Crippen LogP contribution in [-0.4, -0.2) is 16.6 Å². The van der Waals surface area contributed by atoms with Crippen LogP contribution in [0.25, 0.3) is 0 Å². The molecule has 0 aromatic carbocycles. The van der Waals surface area contributed by atoms with Crippen molar-refractivity contribution >= 4 is 23.5 Å². The molecule has 0 amide bonds. The fraction of sp³-hybridized carbons (Fsp3) is 1.00. The van der Waals surface area contributed by atoms with Crippen LogP contribution in [0.3, 0.4) is 0 Å². The lowest BCUT2D eigenvalue weighted by Crippen LogP contribution is -2.28. The molecule has 0 atom stereocenters. The first-order valence-electron chi connectivity index (χ1n) is 4.83. The first-order chi connectivity index (χ1) is 5.73. The Bertz CT molecular complexity index is 124. The summed E-state index contributed by atoms with van der Waals surface area (Å²) in [5.74, 6) is 0.955. The molecule has 0 aliphatic heterocycles. The Morgan fingerprint density at radius 1 is 1.00 bits per heavy atom. The Kier molecular flexibility index (Phi) is 4.31. The van der Waals surface area contributed by atoms with Gasteiger partial charge in [0.05, 0.1) is 4.08 Å². The molecule has 72 valence electrons. The molecule has 1 fully saturated rings. The van der Waals surface area contributed by atoms with Crippen LogP contribution in [0.1, 0.15) is 39.0 Å². The van der Waals surface area contributed by atoms with E-state index in [1.165, 1.54) is 32.1 Å². The standard InChI is InChI=1S/C10H20S2/c1-10(11-2,12-3)9-7-5-4-6-8-9/h9H,4-8H2,1-3H3. The van der Waals surface area contributed by atoms with E-state index in [1.54, 1.807) is 0 Å². The fourth-order valence-corrected chi connectivity index (χ4v) is 3.85. The van der Waals surface area contributed by atoms with Crippen molar-refractivity contribution in [2.75, 3.05) is 12.5 Å². The van der Waals surface area contributed by atoms with E-state index >= 15 is 0 Å². The SMILES string of the molecule is CSC(C)(SC)C1CCCCC1. The topological polar surface area (TPSA) is 0 Å². The smallest absolute Gasteiger partial charge is 0.0605 e. The number of thioether (sulfide) groups is 2. The predicted octanol–water partition coefficient (Wildman–Crippen LogP) is 4.01. The van der Waals surface area contributed by atoms with E-state index in [0.29, 0.717) is 4.08 Å². The molecule has 2 heteroatoms. The number of rotatable bonds is 3. The monoisotopic (exact) mass is 204 g/mol. The highest BCUT2D eigenvalue weighted by Crippen LogP contribution is 2.46. The Hall–Kier alpha value is 0.700. The fourth-order valence-electron chi connectivity index (χ4n) is 2.04. The van der Waals surface area contributed by atoms with Gasteiger partial charge in [-0.3, -0.25) is 0 Å². The van der Waals surface area contributed by atoms with Crippen molar-refractivity contribution in [2.24, 2.45) is 5.92 Å².